The fraction of sp³-hybridized carbons (Fsp3) is 0.533. The average Bonchev–Trinajstić information content (AvgIpc) is 2.50. The third kappa shape index (κ3) is 5.33. The number of carbonyl (C=O) groups is 1. The van der Waals surface area contributed by atoms with E-state index >= 15 is 0 Å². The second kappa shape index (κ2) is 7.74. The van der Waals surface area contributed by atoms with E-state index in [4.69, 9.17) is 0 Å². The molecule has 0 aliphatic rings. The summed E-state index contributed by atoms with van der Waals surface area (Å²) in [6.07, 6.45) is 0.819. The second-order valence-electron chi connectivity index (χ2n) is 5.63. The summed E-state index contributed by atoms with van der Waals surface area (Å²) in [6, 6.07) is 5.58. The molecular weight excluding hydrogens is 286 g/mol. The first-order valence-electron chi connectivity index (χ1n) is 7.23. The van der Waals surface area contributed by atoms with Gasteiger partial charge in [-0.05, 0) is 18.4 Å². The van der Waals surface area contributed by atoms with Gasteiger partial charge in [-0.3, -0.25) is 10.1 Å². The summed E-state index contributed by atoms with van der Waals surface area (Å²) in [6.45, 7) is 6.02. The molecule has 2 unspecified atom stereocenters. The van der Waals surface area contributed by atoms with Crippen LogP contribution in [0.25, 0.3) is 0 Å². The van der Waals surface area contributed by atoms with Crippen LogP contribution in [0.3, 0.4) is 0 Å². The summed E-state index contributed by atoms with van der Waals surface area (Å²) < 4.78 is 0. The number of hydrogen-bond acceptors (Lipinski definition) is 4. The molecule has 1 aromatic rings. The van der Waals surface area contributed by atoms with Gasteiger partial charge in [-0.15, -0.1) is 0 Å². The van der Waals surface area contributed by atoms with Gasteiger partial charge in [0.2, 0.25) is 0 Å². The molecule has 122 valence electrons. The molecule has 2 atom stereocenters. The second-order valence-corrected chi connectivity index (χ2v) is 5.63. The molecular formula is C15H23N3O4. The Hall–Kier alpha value is -2.15. The first-order valence-corrected chi connectivity index (χ1v) is 7.23. The molecule has 0 heterocycles. The summed E-state index contributed by atoms with van der Waals surface area (Å²) in [5.41, 5.74) is -0.188. The van der Waals surface area contributed by atoms with Gasteiger partial charge < -0.3 is 15.7 Å². The van der Waals surface area contributed by atoms with Crippen LogP contribution < -0.4 is 10.6 Å². The zero-order valence-corrected chi connectivity index (χ0v) is 13.1. The van der Waals surface area contributed by atoms with E-state index in [1.54, 1.807) is 19.1 Å². The molecule has 0 radical (unpaired) electrons. The number of nitrogens with zero attached hydrogens (tertiary/aromatic N) is 1. The molecule has 0 spiro atoms. The molecule has 0 aliphatic heterocycles. The zero-order chi connectivity index (χ0) is 16.8. The predicted molar refractivity (Wildman–Crippen MR) is 83.4 cm³/mol. The summed E-state index contributed by atoms with van der Waals surface area (Å²) in [5, 5.41) is 26.0. The van der Waals surface area contributed by atoms with Crippen molar-refractivity contribution in [2.75, 3.05) is 6.54 Å². The van der Waals surface area contributed by atoms with Gasteiger partial charge in [0.1, 0.15) is 0 Å². The number of non-ortho nitro benzene ring substituents is 1. The number of amides is 2. The molecule has 1 aromatic carbocycles. The van der Waals surface area contributed by atoms with E-state index in [9.17, 15) is 20.0 Å². The molecule has 0 aromatic heterocycles. The highest BCUT2D eigenvalue weighted by Crippen LogP contribution is 2.18. The Bertz CT molecular complexity index is 514. The van der Waals surface area contributed by atoms with Crippen LogP contribution in [0.4, 0.5) is 10.5 Å². The Morgan fingerprint density at radius 2 is 1.95 bits per heavy atom. The highest BCUT2D eigenvalue weighted by Gasteiger charge is 2.27. The minimum atomic E-state index is -0.959. The highest BCUT2D eigenvalue weighted by atomic mass is 16.6. The predicted octanol–water partition coefficient (Wildman–Crippen LogP) is 2.19. The minimum Gasteiger partial charge on any atom is -0.388 e. The number of aliphatic hydroxyl groups is 1. The van der Waals surface area contributed by atoms with Crippen molar-refractivity contribution in [3.8, 4) is 0 Å². The van der Waals surface area contributed by atoms with E-state index in [1.807, 2.05) is 13.8 Å². The lowest BCUT2D eigenvalue weighted by atomic mass is 9.89. The van der Waals surface area contributed by atoms with Crippen LogP contribution in [-0.2, 0) is 6.54 Å². The van der Waals surface area contributed by atoms with Gasteiger partial charge in [0.15, 0.2) is 0 Å². The van der Waals surface area contributed by atoms with Crippen molar-refractivity contribution in [2.24, 2.45) is 5.92 Å². The standard InChI is InChI=1S/C15H23N3O4/c1-4-11(2)15(3,20)10-17-14(19)16-9-12-5-7-13(8-6-12)18(21)22/h5-8,11,20H,4,9-10H2,1-3H3,(H2,16,17,19). The Morgan fingerprint density at radius 3 is 2.45 bits per heavy atom. The van der Waals surface area contributed by atoms with Gasteiger partial charge in [-0.25, -0.2) is 4.79 Å². The fourth-order valence-electron chi connectivity index (χ4n) is 1.85. The normalized spacial score (nSPS) is 14.7. The first kappa shape index (κ1) is 17.9. The lowest BCUT2D eigenvalue weighted by Crippen LogP contribution is -2.47. The highest BCUT2D eigenvalue weighted by molar-refractivity contribution is 5.73. The maximum absolute atomic E-state index is 11.7. The van der Waals surface area contributed by atoms with E-state index in [1.165, 1.54) is 12.1 Å². The lowest BCUT2D eigenvalue weighted by Gasteiger charge is -2.29. The van der Waals surface area contributed by atoms with Crippen molar-refractivity contribution in [3.05, 3.63) is 39.9 Å². The van der Waals surface area contributed by atoms with Gasteiger partial charge >= 0.3 is 6.03 Å². The molecule has 2 amide bonds. The zero-order valence-electron chi connectivity index (χ0n) is 13.1. The van der Waals surface area contributed by atoms with E-state index in [2.05, 4.69) is 10.6 Å². The largest absolute Gasteiger partial charge is 0.388 e. The molecule has 1 rings (SSSR count). The van der Waals surface area contributed by atoms with Gasteiger partial charge in [0.25, 0.3) is 5.69 Å². The van der Waals surface area contributed by atoms with Crippen LogP contribution in [0, 0.1) is 16.0 Å². The van der Waals surface area contributed by atoms with E-state index in [-0.39, 0.29) is 30.7 Å². The monoisotopic (exact) mass is 309 g/mol. The fourth-order valence-corrected chi connectivity index (χ4v) is 1.85. The van der Waals surface area contributed by atoms with Crippen molar-refractivity contribution < 1.29 is 14.8 Å². The smallest absolute Gasteiger partial charge is 0.315 e. The number of urea groups is 1. The van der Waals surface area contributed by atoms with Crippen LogP contribution in [0.5, 0.6) is 0 Å². The molecule has 7 nitrogen and oxygen atoms in total. The summed E-state index contributed by atoms with van der Waals surface area (Å²) in [5.74, 6) is 0.0717. The van der Waals surface area contributed by atoms with Gasteiger partial charge in [-0.1, -0.05) is 32.4 Å². The summed E-state index contributed by atoms with van der Waals surface area (Å²) in [7, 11) is 0. The van der Waals surface area contributed by atoms with E-state index in [0.717, 1.165) is 12.0 Å². The first-order chi connectivity index (χ1) is 10.3. The topological polar surface area (TPSA) is 104 Å². The quantitative estimate of drug-likeness (QED) is 0.530. The number of nitro groups is 1. The van der Waals surface area contributed by atoms with Crippen molar-refractivity contribution >= 4 is 11.7 Å². The maximum atomic E-state index is 11.7. The van der Waals surface area contributed by atoms with Crippen LogP contribution in [-0.4, -0.2) is 28.2 Å². The molecule has 0 bridgehead atoms. The number of nitrogens with one attached hydrogen (secondary N) is 2. The van der Waals surface area contributed by atoms with Crippen molar-refractivity contribution in [2.45, 2.75) is 39.3 Å². The number of benzene rings is 1. The lowest BCUT2D eigenvalue weighted by molar-refractivity contribution is -0.384. The van der Waals surface area contributed by atoms with Crippen molar-refractivity contribution in [1.82, 2.24) is 10.6 Å². The van der Waals surface area contributed by atoms with Gasteiger partial charge in [0.05, 0.1) is 10.5 Å². The molecule has 0 saturated heterocycles. The molecule has 3 N–H and O–H groups in total. The third-order valence-corrected chi connectivity index (χ3v) is 3.88. The van der Waals surface area contributed by atoms with Crippen molar-refractivity contribution in [1.29, 1.82) is 0 Å². The number of carbonyl (C=O) groups excluding carboxylic acids is 1. The Balaban J connectivity index is 2.41. The van der Waals surface area contributed by atoms with Crippen LogP contribution >= 0.6 is 0 Å². The number of nitro benzene ring substituents is 1. The number of hydrogen-bond donors (Lipinski definition) is 3. The Kier molecular flexibility index (Phi) is 6.30. The minimum absolute atomic E-state index is 0.0119. The van der Waals surface area contributed by atoms with Crippen molar-refractivity contribution in [3.63, 3.8) is 0 Å². The average molecular weight is 309 g/mol. The Labute approximate surface area is 129 Å². The maximum Gasteiger partial charge on any atom is 0.315 e. The van der Waals surface area contributed by atoms with Gasteiger partial charge in [0, 0.05) is 25.2 Å². The number of rotatable bonds is 7. The third-order valence-electron chi connectivity index (χ3n) is 3.88. The van der Waals surface area contributed by atoms with Crippen LogP contribution in [0.15, 0.2) is 24.3 Å². The molecule has 0 fully saturated rings. The van der Waals surface area contributed by atoms with E-state index in [0.29, 0.717) is 0 Å². The summed E-state index contributed by atoms with van der Waals surface area (Å²) in [4.78, 5) is 21.8. The van der Waals surface area contributed by atoms with Gasteiger partial charge in [-0.2, -0.15) is 0 Å². The molecule has 0 saturated carbocycles. The summed E-state index contributed by atoms with van der Waals surface area (Å²) >= 11 is 0. The SMILES string of the molecule is CCC(C)C(C)(O)CNC(=O)NCc1ccc([N+](=O)[O-])cc1. The Morgan fingerprint density at radius 1 is 1.36 bits per heavy atom. The molecule has 7 heteroatoms. The van der Waals surface area contributed by atoms with E-state index < -0.39 is 10.5 Å². The van der Waals surface area contributed by atoms with Crippen LogP contribution in [0.2, 0.25) is 0 Å². The van der Waals surface area contributed by atoms with Crippen LogP contribution in [0.1, 0.15) is 32.8 Å². The molecule has 22 heavy (non-hydrogen) atoms. The molecule has 0 aliphatic carbocycles.